The maximum atomic E-state index is 12.0. The van der Waals surface area contributed by atoms with Crippen LogP contribution in [0.5, 0.6) is 5.75 Å². The zero-order chi connectivity index (χ0) is 22.0. The third-order valence-corrected chi connectivity index (χ3v) is 5.45. The standard InChI is InChI=1S/C23H24N6O2/c1-4-15-10-16(12-18(11-15)31-3)6-7-19-21-22(24)25-14-26-23(21)29(27-19)17-8-9-28(13-17)20(30)5-2/h5,10-12,14,17H,2,4,8-9,13H2,1,3H3,(H2,24,25,26)/t17-/m0/s1. The highest BCUT2D eigenvalue weighted by Crippen LogP contribution is 2.28. The van der Waals surface area contributed by atoms with E-state index in [4.69, 9.17) is 15.6 Å². The molecule has 3 aromatic rings. The van der Waals surface area contributed by atoms with Crippen LogP contribution in [-0.2, 0) is 11.2 Å². The molecule has 0 aliphatic carbocycles. The largest absolute Gasteiger partial charge is 0.497 e. The Morgan fingerprint density at radius 3 is 2.94 bits per heavy atom. The van der Waals surface area contributed by atoms with Gasteiger partial charge in [-0.05, 0) is 48.6 Å². The van der Waals surface area contributed by atoms with Crippen molar-refractivity contribution in [3.05, 3.63) is 54.0 Å². The van der Waals surface area contributed by atoms with Crippen molar-refractivity contribution in [2.24, 2.45) is 0 Å². The number of rotatable bonds is 4. The summed E-state index contributed by atoms with van der Waals surface area (Å²) in [5.41, 5.74) is 9.26. The Kier molecular flexibility index (Phi) is 5.58. The van der Waals surface area contributed by atoms with Crippen LogP contribution in [0.15, 0.2) is 37.2 Å². The summed E-state index contributed by atoms with van der Waals surface area (Å²) in [5.74, 6) is 7.33. The number of benzene rings is 1. The van der Waals surface area contributed by atoms with Crippen molar-refractivity contribution in [1.82, 2.24) is 24.6 Å². The first-order valence-electron chi connectivity index (χ1n) is 10.1. The van der Waals surface area contributed by atoms with Gasteiger partial charge in [0, 0.05) is 18.7 Å². The average Bonchev–Trinajstić information content (AvgIpc) is 3.42. The van der Waals surface area contributed by atoms with Crippen molar-refractivity contribution >= 4 is 22.8 Å². The van der Waals surface area contributed by atoms with Gasteiger partial charge in [-0.2, -0.15) is 5.10 Å². The number of anilines is 1. The monoisotopic (exact) mass is 416 g/mol. The van der Waals surface area contributed by atoms with E-state index in [2.05, 4.69) is 35.3 Å². The number of ether oxygens (including phenoxy) is 1. The van der Waals surface area contributed by atoms with Gasteiger partial charge >= 0.3 is 0 Å². The fraction of sp³-hybridized carbons (Fsp3) is 0.304. The maximum absolute atomic E-state index is 12.0. The minimum absolute atomic E-state index is 0.0141. The molecule has 8 nitrogen and oxygen atoms in total. The smallest absolute Gasteiger partial charge is 0.246 e. The maximum Gasteiger partial charge on any atom is 0.246 e. The molecular weight excluding hydrogens is 392 g/mol. The number of amides is 1. The summed E-state index contributed by atoms with van der Waals surface area (Å²) in [5, 5.41) is 5.34. The third-order valence-electron chi connectivity index (χ3n) is 5.45. The van der Waals surface area contributed by atoms with E-state index in [9.17, 15) is 4.79 Å². The Hall–Kier alpha value is -3.86. The Morgan fingerprint density at radius 1 is 1.35 bits per heavy atom. The zero-order valence-corrected chi connectivity index (χ0v) is 17.6. The Balaban J connectivity index is 1.75. The first kappa shape index (κ1) is 20.4. The van der Waals surface area contributed by atoms with Crippen LogP contribution in [0, 0.1) is 11.8 Å². The summed E-state index contributed by atoms with van der Waals surface area (Å²) in [6.45, 7) is 6.83. The molecule has 1 saturated heterocycles. The highest BCUT2D eigenvalue weighted by Gasteiger charge is 2.29. The Bertz CT molecular complexity index is 1200. The molecule has 0 saturated carbocycles. The van der Waals surface area contributed by atoms with E-state index in [1.165, 1.54) is 12.4 Å². The molecule has 1 aromatic carbocycles. The zero-order valence-electron chi connectivity index (χ0n) is 17.6. The molecule has 1 atom stereocenters. The number of carbonyl (C=O) groups is 1. The van der Waals surface area contributed by atoms with Crippen molar-refractivity contribution in [2.75, 3.05) is 25.9 Å². The van der Waals surface area contributed by atoms with Crippen LogP contribution in [0.25, 0.3) is 11.0 Å². The van der Waals surface area contributed by atoms with E-state index in [1.807, 2.05) is 22.9 Å². The molecule has 0 bridgehead atoms. The second-order valence-electron chi connectivity index (χ2n) is 7.35. The number of hydrogen-bond donors (Lipinski definition) is 1. The second kappa shape index (κ2) is 8.48. The highest BCUT2D eigenvalue weighted by atomic mass is 16.5. The number of carbonyl (C=O) groups excluding carboxylic acids is 1. The predicted octanol–water partition coefficient (Wildman–Crippen LogP) is 2.34. The lowest BCUT2D eigenvalue weighted by Gasteiger charge is -2.14. The number of likely N-dealkylation sites (tertiary alicyclic amines) is 1. The van der Waals surface area contributed by atoms with Crippen LogP contribution in [0.3, 0.4) is 0 Å². The molecule has 2 N–H and O–H groups in total. The molecule has 1 aliphatic heterocycles. The Labute approximate surface area is 180 Å². The van der Waals surface area contributed by atoms with Crippen LogP contribution < -0.4 is 10.5 Å². The molecule has 0 unspecified atom stereocenters. The molecule has 1 fully saturated rings. The fourth-order valence-electron chi connectivity index (χ4n) is 3.79. The highest BCUT2D eigenvalue weighted by molar-refractivity contribution is 5.91. The van der Waals surface area contributed by atoms with E-state index in [-0.39, 0.29) is 11.9 Å². The number of nitrogens with zero attached hydrogens (tertiary/aromatic N) is 5. The van der Waals surface area contributed by atoms with E-state index < -0.39 is 0 Å². The SMILES string of the molecule is C=CC(=O)N1CC[C@H](n2nc(C#Cc3cc(CC)cc(OC)c3)c3c(N)ncnc32)C1. The van der Waals surface area contributed by atoms with Crippen molar-refractivity contribution in [2.45, 2.75) is 25.8 Å². The van der Waals surface area contributed by atoms with Gasteiger partial charge in [0.1, 0.15) is 23.6 Å². The van der Waals surface area contributed by atoms with E-state index in [0.717, 1.165) is 29.7 Å². The molecule has 1 aliphatic rings. The number of aromatic nitrogens is 4. The van der Waals surface area contributed by atoms with Gasteiger partial charge < -0.3 is 15.4 Å². The quantitative estimate of drug-likeness (QED) is 0.518. The van der Waals surface area contributed by atoms with Crippen molar-refractivity contribution in [3.8, 4) is 17.6 Å². The van der Waals surface area contributed by atoms with Crippen molar-refractivity contribution in [1.29, 1.82) is 0 Å². The molecule has 158 valence electrons. The fourth-order valence-corrected chi connectivity index (χ4v) is 3.79. The minimum atomic E-state index is -0.0853. The van der Waals surface area contributed by atoms with Crippen LogP contribution >= 0.6 is 0 Å². The van der Waals surface area contributed by atoms with Gasteiger partial charge in [-0.3, -0.25) is 4.79 Å². The van der Waals surface area contributed by atoms with E-state index in [0.29, 0.717) is 35.6 Å². The van der Waals surface area contributed by atoms with Crippen LogP contribution in [0.4, 0.5) is 5.82 Å². The molecule has 0 radical (unpaired) electrons. The van der Waals surface area contributed by atoms with Gasteiger partial charge in [-0.1, -0.05) is 19.4 Å². The summed E-state index contributed by atoms with van der Waals surface area (Å²) in [6.07, 6.45) is 4.40. The lowest BCUT2D eigenvalue weighted by Crippen LogP contribution is -2.27. The number of nitrogens with two attached hydrogens (primary N) is 1. The molecule has 2 aromatic heterocycles. The molecule has 0 spiro atoms. The van der Waals surface area contributed by atoms with Gasteiger partial charge in [0.15, 0.2) is 5.65 Å². The summed E-state index contributed by atoms with van der Waals surface area (Å²) in [7, 11) is 1.64. The second-order valence-corrected chi connectivity index (χ2v) is 7.35. The molecule has 1 amide bonds. The third kappa shape index (κ3) is 3.94. The van der Waals surface area contributed by atoms with Crippen LogP contribution in [0.2, 0.25) is 0 Å². The molecular formula is C23H24N6O2. The molecule has 4 rings (SSSR count). The van der Waals surface area contributed by atoms with Crippen LogP contribution in [0.1, 0.15) is 36.2 Å². The number of aryl methyl sites for hydroxylation is 1. The van der Waals surface area contributed by atoms with E-state index in [1.54, 1.807) is 12.0 Å². The molecule has 31 heavy (non-hydrogen) atoms. The number of hydrogen-bond acceptors (Lipinski definition) is 6. The summed E-state index contributed by atoms with van der Waals surface area (Å²) in [6, 6.07) is 5.91. The first-order chi connectivity index (χ1) is 15.0. The van der Waals surface area contributed by atoms with Gasteiger partial charge in [0.2, 0.25) is 5.91 Å². The predicted molar refractivity (Wildman–Crippen MR) is 119 cm³/mol. The average molecular weight is 416 g/mol. The number of methoxy groups -OCH3 is 1. The molecule has 3 heterocycles. The lowest BCUT2D eigenvalue weighted by molar-refractivity contribution is -0.125. The van der Waals surface area contributed by atoms with Gasteiger partial charge in [0.05, 0.1) is 18.5 Å². The topological polar surface area (TPSA) is 99.2 Å². The summed E-state index contributed by atoms with van der Waals surface area (Å²) in [4.78, 5) is 22.3. The van der Waals surface area contributed by atoms with Crippen molar-refractivity contribution < 1.29 is 9.53 Å². The van der Waals surface area contributed by atoms with Crippen LogP contribution in [-0.4, -0.2) is 50.8 Å². The van der Waals surface area contributed by atoms with Gasteiger partial charge in [-0.25, -0.2) is 14.6 Å². The minimum Gasteiger partial charge on any atom is -0.497 e. The summed E-state index contributed by atoms with van der Waals surface area (Å²) >= 11 is 0. The van der Waals surface area contributed by atoms with Gasteiger partial charge in [0.25, 0.3) is 0 Å². The lowest BCUT2D eigenvalue weighted by atomic mass is 10.1. The normalized spacial score (nSPS) is 15.5. The first-order valence-corrected chi connectivity index (χ1v) is 10.1. The molecule has 8 heteroatoms. The Morgan fingerprint density at radius 2 is 2.19 bits per heavy atom. The number of nitrogen functional groups attached to an aromatic ring is 1. The summed E-state index contributed by atoms with van der Waals surface area (Å²) < 4.78 is 7.20. The van der Waals surface area contributed by atoms with Crippen molar-refractivity contribution in [3.63, 3.8) is 0 Å². The van der Waals surface area contributed by atoms with Gasteiger partial charge in [-0.15, -0.1) is 0 Å². The number of fused-ring (bicyclic) bond motifs is 1. The van der Waals surface area contributed by atoms with E-state index >= 15 is 0 Å².